The molecule has 2 heterocycles. The van der Waals surface area contributed by atoms with Crippen LogP contribution in [0.3, 0.4) is 0 Å². The van der Waals surface area contributed by atoms with Crippen molar-refractivity contribution in [1.29, 1.82) is 0 Å². The van der Waals surface area contributed by atoms with Crippen LogP contribution < -0.4 is 16.0 Å². The average Bonchev–Trinajstić information content (AvgIpc) is 2.95. The van der Waals surface area contributed by atoms with Gasteiger partial charge in [0.25, 0.3) is 11.5 Å². The van der Waals surface area contributed by atoms with Crippen LogP contribution in [0.15, 0.2) is 58.1 Å². The first-order valence-corrected chi connectivity index (χ1v) is 13.2. The zero-order chi connectivity index (χ0) is 28.1. The first kappa shape index (κ1) is 27.8. The summed E-state index contributed by atoms with van der Waals surface area (Å²) in [6.07, 6.45) is 0.859. The van der Waals surface area contributed by atoms with Gasteiger partial charge in [-0.3, -0.25) is 19.0 Å². The number of ether oxygens (including phenoxy) is 2. The van der Waals surface area contributed by atoms with Gasteiger partial charge in [-0.1, -0.05) is 38.1 Å². The first-order valence-electron chi connectivity index (χ1n) is 13.2. The van der Waals surface area contributed by atoms with Crippen molar-refractivity contribution in [2.45, 2.75) is 46.1 Å². The summed E-state index contributed by atoms with van der Waals surface area (Å²) < 4.78 is 12.5. The highest BCUT2D eigenvalue weighted by Crippen LogP contribution is 2.20. The van der Waals surface area contributed by atoms with E-state index in [1.807, 2.05) is 12.1 Å². The predicted octanol–water partition coefficient (Wildman–Crippen LogP) is 2.99. The van der Waals surface area contributed by atoms with E-state index in [1.165, 1.54) is 12.0 Å². The minimum absolute atomic E-state index is 0.0628. The second-order valence-electron chi connectivity index (χ2n) is 9.85. The Bertz CT molecular complexity index is 1450. The number of carbonyl (C=O) groups excluding carboxylic acids is 2. The zero-order valence-corrected chi connectivity index (χ0v) is 22.8. The van der Waals surface area contributed by atoms with Crippen LogP contribution in [-0.2, 0) is 16.1 Å². The SMILES string of the molecule is CCOC(=O)C1CCN(C(=O)c2nn(-c3ccc(C(C)C)cc3)c(=O)n(Cc3cccc(OC)c3)c2=O)CC1. The summed E-state index contributed by atoms with van der Waals surface area (Å²) in [7, 11) is 1.54. The van der Waals surface area contributed by atoms with E-state index in [9.17, 15) is 19.2 Å². The van der Waals surface area contributed by atoms with Crippen LogP contribution in [0, 0.1) is 5.92 Å². The summed E-state index contributed by atoms with van der Waals surface area (Å²) >= 11 is 0. The molecule has 1 saturated heterocycles. The summed E-state index contributed by atoms with van der Waals surface area (Å²) in [6.45, 7) is 6.68. The van der Waals surface area contributed by atoms with Crippen molar-refractivity contribution in [1.82, 2.24) is 19.2 Å². The van der Waals surface area contributed by atoms with Crippen molar-refractivity contribution in [3.63, 3.8) is 0 Å². The van der Waals surface area contributed by atoms with Crippen LogP contribution in [0.5, 0.6) is 5.75 Å². The van der Waals surface area contributed by atoms with Crippen LogP contribution in [0.2, 0.25) is 0 Å². The Morgan fingerprint density at radius 1 is 1.05 bits per heavy atom. The number of piperidine rings is 1. The van der Waals surface area contributed by atoms with Gasteiger partial charge in [0, 0.05) is 13.1 Å². The molecule has 39 heavy (non-hydrogen) atoms. The van der Waals surface area contributed by atoms with E-state index in [4.69, 9.17) is 9.47 Å². The minimum atomic E-state index is -0.768. The molecule has 206 valence electrons. The molecule has 0 unspecified atom stereocenters. The second kappa shape index (κ2) is 12.1. The topological polar surface area (TPSA) is 113 Å². The molecule has 0 radical (unpaired) electrons. The smallest absolute Gasteiger partial charge is 0.352 e. The number of esters is 1. The Morgan fingerprint density at radius 2 is 1.74 bits per heavy atom. The molecule has 0 bridgehead atoms. The van der Waals surface area contributed by atoms with Crippen LogP contribution in [0.1, 0.15) is 61.1 Å². The molecule has 0 saturated carbocycles. The van der Waals surface area contributed by atoms with Gasteiger partial charge < -0.3 is 14.4 Å². The number of nitrogens with zero attached hydrogens (tertiary/aromatic N) is 4. The molecule has 4 rings (SSSR count). The lowest BCUT2D eigenvalue weighted by molar-refractivity contribution is -0.149. The van der Waals surface area contributed by atoms with E-state index in [2.05, 4.69) is 18.9 Å². The standard InChI is InChI=1S/C29H34N4O6/c1-5-39-28(36)22-13-15-31(16-14-22)26(34)25-27(35)32(18-20-7-6-8-24(17-20)38-4)29(37)33(30-25)23-11-9-21(10-12-23)19(2)3/h6-12,17,19,22H,5,13-16,18H2,1-4H3. The van der Waals surface area contributed by atoms with Gasteiger partial charge in [0.1, 0.15) is 5.75 Å². The lowest BCUT2D eigenvalue weighted by atomic mass is 9.97. The molecule has 2 aromatic carbocycles. The largest absolute Gasteiger partial charge is 0.497 e. The quantitative estimate of drug-likeness (QED) is 0.408. The Labute approximate surface area is 226 Å². The Hall–Kier alpha value is -4.21. The highest BCUT2D eigenvalue weighted by molar-refractivity contribution is 5.92. The molecule has 1 aliphatic rings. The van der Waals surface area contributed by atoms with Crippen molar-refractivity contribution in [2.75, 3.05) is 26.8 Å². The van der Waals surface area contributed by atoms with Crippen molar-refractivity contribution in [2.24, 2.45) is 5.92 Å². The number of aromatic nitrogens is 3. The fourth-order valence-electron chi connectivity index (χ4n) is 4.64. The van der Waals surface area contributed by atoms with Gasteiger partial charge in [-0.15, -0.1) is 0 Å². The monoisotopic (exact) mass is 534 g/mol. The third-order valence-electron chi connectivity index (χ3n) is 6.94. The molecular formula is C29H34N4O6. The molecule has 3 aromatic rings. The molecule has 0 N–H and O–H groups in total. The summed E-state index contributed by atoms with van der Waals surface area (Å²) in [5.74, 6) is -0.267. The average molecular weight is 535 g/mol. The Kier molecular flexibility index (Phi) is 8.63. The fraction of sp³-hybridized carbons (Fsp3) is 0.414. The van der Waals surface area contributed by atoms with E-state index in [1.54, 1.807) is 43.3 Å². The van der Waals surface area contributed by atoms with Gasteiger partial charge in [0.15, 0.2) is 0 Å². The van der Waals surface area contributed by atoms with E-state index >= 15 is 0 Å². The van der Waals surface area contributed by atoms with Gasteiger partial charge in [0.2, 0.25) is 5.69 Å². The molecule has 10 heteroatoms. The molecule has 1 amide bonds. The summed E-state index contributed by atoms with van der Waals surface area (Å²) in [5.41, 5.74) is 0.416. The highest BCUT2D eigenvalue weighted by Gasteiger charge is 2.31. The zero-order valence-electron chi connectivity index (χ0n) is 22.8. The van der Waals surface area contributed by atoms with E-state index < -0.39 is 17.2 Å². The van der Waals surface area contributed by atoms with Gasteiger partial charge in [0.05, 0.1) is 31.9 Å². The molecular weight excluding hydrogens is 500 g/mol. The van der Waals surface area contributed by atoms with Crippen LogP contribution in [-0.4, -0.2) is 57.9 Å². The highest BCUT2D eigenvalue weighted by atomic mass is 16.5. The number of benzene rings is 2. The maximum atomic E-state index is 13.6. The number of hydrogen-bond donors (Lipinski definition) is 0. The molecule has 1 fully saturated rings. The maximum absolute atomic E-state index is 13.6. The minimum Gasteiger partial charge on any atom is -0.497 e. The Morgan fingerprint density at radius 3 is 2.36 bits per heavy atom. The summed E-state index contributed by atoms with van der Waals surface area (Å²) in [4.78, 5) is 54.3. The van der Waals surface area contributed by atoms with E-state index in [0.717, 1.165) is 14.8 Å². The number of methoxy groups -OCH3 is 1. The van der Waals surface area contributed by atoms with E-state index in [0.29, 0.717) is 42.4 Å². The van der Waals surface area contributed by atoms with E-state index in [-0.39, 0.29) is 37.2 Å². The van der Waals surface area contributed by atoms with Crippen LogP contribution in [0.25, 0.3) is 5.69 Å². The summed E-state index contributed by atoms with van der Waals surface area (Å²) in [6, 6.07) is 14.3. The molecule has 1 aromatic heterocycles. The molecule has 0 aliphatic carbocycles. The molecule has 10 nitrogen and oxygen atoms in total. The molecule has 0 atom stereocenters. The predicted molar refractivity (Wildman–Crippen MR) is 146 cm³/mol. The summed E-state index contributed by atoms with van der Waals surface area (Å²) in [5, 5.41) is 4.27. The number of likely N-dealkylation sites (tertiary alicyclic amines) is 1. The second-order valence-corrected chi connectivity index (χ2v) is 9.85. The third-order valence-corrected chi connectivity index (χ3v) is 6.94. The molecule has 0 spiro atoms. The van der Waals surface area contributed by atoms with Crippen LogP contribution >= 0.6 is 0 Å². The normalized spacial score (nSPS) is 13.9. The van der Waals surface area contributed by atoms with Crippen molar-refractivity contribution in [3.8, 4) is 11.4 Å². The van der Waals surface area contributed by atoms with Crippen molar-refractivity contribution < 1.29 is 19.1 Å². The Balaban J connectivity index is 1.74. The van der Waals surface area contributed by atoms with Gasteiger partial charge in [-0.25, -0.2) is 4.79 Å². The number of rotatable bonds is 8. The van der Waals surface area contributed by atoms with Gasteiger partial charge >= 0.3 is 11.7 Å². The third kappa shape index (κ3) is 6.10. The maximum Gasteiger partial charge on any atom is 0.352 e. The number of amides is 1. The number of hydrogen-bond acceptors (Lipinski definition) is 7. The lowest BCUT2D eigenvalue weighted by Crippen LogP contribution is -2.48. The molecule has 1 aliphatic heterocycles. The first-order chi connectivity index (χ1) is 18.7. The van der Waals surface area contributed by atoms with Crippen molar-refractivity contribution >= 4 is 11.9 Å². The lowest BCUT2D eigenvalue weighted by Gasteiger charge is -2.30. The fourth-order valence-corrected chi connectivity index (χ4v) is 4.64. The van der Waals surface area contributed by atoms with Gasteiger partial charge in [-0.2, -0.15) is 9.78 Å². The number of carbonyl (C=O) groups is 2. The van der Waals surface area contributed by atoms with Gasteiger partial charge in [-0.05, 0) is 61.1 Å². The van der Waals surface area contributed by atoms with Crippen molar-refractivity contribution in [3.05, 3.63) is 86.2 Å². The van der Waals surface area contributed by atoms with Crippen LogP contribution in [0.4, 0.5) is 0 Å².